The van der Waals surface area contributed by atoms with Crippen molar-refractivity contribution < 1.29 is 4.74 Å². The predicted octanol–water partition coefficient (Wildman–Crippen LogP) is 2.69. The average molecular weight is 276 g/mol. The van der Waals surface area contributed by atoms with E-state index in [4.69, 9.17) is 4.74 Å². The number of nitrogens with zero attached hydrogens (tertiary/aromatic N) is 1. The second-order valence-electron chi connectivity index (χ2n) is 5.85. The Bertz CT molecular complexity index is 374. The lowest BCUT2D eigenvalue weighted by atomic mass is 9.93. The Labute approximate surface area is 123 Å². The molecule has 1 heterocycles. The van der Waals surface area contributed by atoms with Gasteiger partial charge in [-0.3, -0.25) is 4.90 Å². The first-order valence-electron chi connectivity index (χ1n) is 7.71. The molecule has 1 aliphatic rings. The minimum atomic E-state index is 0.398. The van der Waals surface area contributed by atoms with E-state index in [2.05, 4.69) is 54.5 Å². The molecular formula is C17H28N2O. The lowest BCUT2D eigenvalue weighted by Gasteiger charge is -2.39. The van der Waals surface area contributed by atoms with Crippen LogP contribution in [0.4, 0.5) is 0 Å². The minimum Gasteiger partial charge on any atom is -0.384 e. The number of likely N-dealkylation sites (tertiary alicyclic amines) is 1. The van der Waals surface area contributed by atoms with Gasteiger partial charge in [-0.15, -0.1) is 0 Å². The van der Waals surface area contributed by atoms with Crippen molar-refractivity contribution in [1.29, 1.82) is 0 Å². The molecule has 20 heavy (non-hydrogen) atoms. The Balaban J connectivity index is 1.95. The van der Waals surface area contributed by atoms with Gasteiger partial charge in [0.05, 0.1) is 0 Å². The van der Waals surface area contributed by atoms with Crippen LogP contribution in [0.15, 0.2) is 30.3 Å². The molecular weight excluding hydrogens is 248 g/mol. The molecule has 2 atom stereocenters. The number of hydrogen-bond acceptors (Lipinski definition) is 3. The van der Waals surface area contributed by atoms with Crippen LogP contribution in [0.1, 0.15) is 31.4 Å². The average Bonchev–Trinajstić information content (AvgIpc) is 2.50. The second kappa shape index (κ2) is 7.77. The van der Waals surface area contributed by atoms with Crippen LogP contribution in [-0.2, 0) is 4.74 Å². The lowest BCUT2D eigenvalue weighted by molar-refractivity contribution is 0.0738. The van der Waals surface area contributed by atoms with Gasteiger partial charge in [0.2, 0.25) is 0 Å². The van der Waals surface area contributed by atoms with E-state index >= 15 is 0 Å². The Morgan fingerprint density at radius 1 is 1.25 bits per heavy atom. The smallest absolute Gasteiger partial charge is 0.0491 e. The number of rotatable bonds is 6. The zero-order chi connectivity index (χ0) is 14.4. The van der Waals surface area contributed by atoms with Crippen molar-refractivity contribution in [3.8, 4) is 0 Å². The summed E-state index contributed by atoms with van der Waals surface area (Å²) in [5, 5.41) is 3.49. The molecule has 0 spiro atoms. The first-order valence-corrected chi connectivity index (χ1v) is 7.71. The van der Waals surface area contributed by atoms with Crippen molar-refractivity contribution in [2.24, 2.45) is 5.92 Å². The number of benzene rings is 1. The summed E-state index contributed by atoms with van der Waals surface area (Å²) in [6.07, 6.45) is 2.51. The van der Waals surface area contributed by atoms with Gasteiger partial charge in [-0.25, -0.2) is 0 Å². The molecule has 0 radical (unpaired) electrons. The van der Waals surface area contributed by atoms with Gasteiger partial charge in [0, 0.05) is 25.8 Å². The van der Waals surface area contributed by atoms with E-state index in [1.54, 1.807) is 7.11 Å². The van der Waals surface area contributed by atoms with Gasteiger partial charge >= 0.3 is 0 Å². The highest BCUT2D eigenvalue weighted by Gasteiger charge is 2.27. The maximum Gasteiger partial charge on any atom is 0.0491 e. The number of nitrogens with one attached hydrogen (secondary N) is 1. The largest absolute Gasteiger partial charge is 0.384 e. The fourth-order valence-corrected chi connectivity index (χ4v) is 3.32. The number of likely N-dealkylation sites (N-methyl/N-ethyl adjacent to an activating group) is 1. The Morgan fingerprint density at radius 2 is 1.90 bits per heavy atom. The van der Waals surface area contributed by atoms with Crippen LogP contribution >= 0.6 is 0 Å². The molecule has 3 heteroatoms. The van der Waals surface area contributed by atoms with Gasteiger partial charge in [-0.2, -0.15) is 0 Å². The topological polar surface area (TPSA) is 24.5 Å². The third-order valence-electron chi connectivity index (χ3n) is 4.58. The highest BCUT2D eigenvalue weighted by molar-refractivity contribution is 5.20. The summed E-state index contributed by atoms with van der Waals surface area (Å²) in [6, 6.07) is 11.7. The molecule has 0 saturated carbocycles. The molecule has 1 N–H and O–H groups in total. The van der Waals surface area contributed by atoms with Gasteiger partial charge in [-0.1, -0.05) is 30.3 Å². The van der Waals surface area contributed by atoms with Crippen molar-refractivity contribution in [2.75, 3.05) is 33.9 Å². The highest BCUT2D eigenvalue weighted by atomic mass is 16.5. The molecule has 1 aliphatic heterocycles. The van der Waals surface area contributed by atoms with Crippen LogP contribution in [0.5, 0.6) is 0 Å². The van der Waals surface area contributed by atoms with Crippen LogP contribution in [-0.4, -0.2) is 44.8 Å². The molecule has 3 nitrogen and oxygen atoms in total. The first kappa shape index (κ1) is 15.5. The SMILES string of the molecule is CNC(c1ccccc1)C(C)N1CCC(COC)CC1. The van der Waals surface area contributed by atoms with Crippen molar-refractivity contribution in [2.45, 2.75) is 31.8 Å². The third kappa shape index (κ3) is 3.81. The van der Waals surface area contributed by atoms with Crippen LogP contribution in [0, 0.1) is 5.92 Å². The van der Waals surface area contributed by atoms with E-state index in [1.807, 2.05) is 0 Å². The normalized spacial score (nSPS) is 20.8. The van der Waals surface area contributed by atoms with E-state index in [-0.39, 0.29) is 0 Å². The molecule has 2 rings (SSSR count). The molecule has 1 saturated heterocycles. The molecule has 0 amide bonds. The monoisotopic (exact) mass is 276 g/mol. The predicted molar refractivity (Wildman–Crippen MR) is 83.9 cm³/mol. The molecule has 0 aromatic heterocycles. The highest BCUT2D eigenvalue weighted by Crippen LogP contribution is 2.25. The summed E-state index contributed by atoms with van der Waals surface area (Å²) >= 11 is 0. The maximum atomic E-state index is 5.28. The number of piperidine rings is 1. The van der Waals surface area contributed by atoms with Crippen LogP contribution in [0.3, 0.4) is 0 Å². The third-order valence-corrected chi connectivity index (χ3v) is 4.58. The van der Waals surface area contributed by atoms with Crippen LogP contribution < -0.4 is 5.32 Å². The number of ether oxygens (including phenoxy) is 1. The maximum absolute atomic E-state index is 5.28. The van der Waals surface area contributed by atoms with Crippen molar-refractivity contribution >= 4 is 0 Å². The summed E-state index contributed by atoms with van der Waals surface area (Å²) in [5.41, 5.74) is 1.38. The van der Waals surface area contributed by atoms with Crippen molar-refractivity contribution in [3.05, 3.63) is 35.9 Å². The Hall–Kier alpha value is -0.900. The van der Waals surface area contributed by atoms with Crippen molar-refractivity contribution in [1.82, 2.24) is 10.2 Å². The zero-order valence-electron chi connectivity index (χ0n) is 13.0. The van der Waals surface area contributed by atoms with Crippen molar-refractivity contribution in [3.63, 3.8) is 0 Å². The van der Waals surface area contributed by atoms with Gasteiger partial charge in [0.15, 0.2) is 0 Å². The van der Waals surface area contributed by atoms with Crippen LogP contribution in [0.25, 0.3) is 0 Å². The Kier molecular flexibility index (Phi) is 6.02. The van der Waals surface area contributed by atoms with E-state index in [0.29, 0.717) is 12.1 Å². The second-order valence-corrected chi connectivity index (χ2v) is 5.85. The molecule has 0 aliphatic carbocycles. The summed E-state index contributed by atoms with van der Waals surface area (Å²) in [7, 11) is 3.87. The molecule has 112 valence electrons. The molecule has 1 aromatic carbocycles. The zero-order valence-corrected chi connectivity index (χ0v) is 13.0. The Morgan fingerprint density at radius 3 is 2.45 bits per heavy atom. The molecule has 1 aromatic rings. The van der Waals surface area contributed by atoms with E-state index < -0.39 is 0 Å². The van der Waals surface area contributed by atoms with E-state index in [1.165, 1.54) is 31.5 Å². The number of hydrogen-bond donors (Lipinski definition) is 1. The molecule has 1 fully saturated rings. The fraction of sp³-hybridized carbons (Fsp3) is 0.647. The molecule has 0 bridgehead atoms. The van der Waals surface area contributed by atoms with E-state index in [0.717, 1.165) is 12.5 Å². The van der Waals surface area contributed by atoms with E-state index in [9.17, 15) is 0 Å². The minimum absolute atomic E-state index is 0.398. The summed E-state index contributed by atoms with van der Waals surface area (Å²) < 4.78 is 5.28. The van der Waals surface area contributed by atoms with Crippen LogP contribution in [0.2, 0.25) is 0 Å². The standard InChI is InChI=1S/C17H28N2O/c1-14(17(18-2)16-7-5-4-6-8-16)19-11-9-15(10-12-19)13-20-3/h4-8,14-15,17-18H,9-13H2,1-3H3. The summed E-state index contributed by atoms with van der Waals surface area (Å²) in [5.74, 6) is 0.744. The fourth-order valence-electron chi connectivity index (χ4n) is 3.32. The van der Waals surface area contributed by atoms with Gasteiger partial charge in [-0.05, 0) is 51.4 Å². The van der Waals surface area contributed by atoms with Gasteiger partial charge in [0.1, 0.15) is 0 Å². The van der Waals surface area contributed by atoms with Gasteiger partial charge in [0.25, 0.3) is 0 Å². The summed E-state index contributed by atoms with van der Waals surface area (Å²) in [6.45, 7) is 5.61. The van der Waals surface area contributed by atoms with Gasteiger partial charge < -0.3 is 10.1 Å². The quantitative estimate of drug-likeness (QED) is 0.864. The molecule has 2 unspecified atom stereocenters. The lowest BCUT2D eigenvalue weighted by Crippen LogP contribution is -2.46. The summed E-state index contributed by atoms with van der Waals surface area (Å²) in [4.78, 5) is 2.61. The first-order chi connectivity index (χ1) is 9.76. The number of methoxy groups -OCH3 is 1.